The van der Waals surface area contributed by atoms with Crippen molar-refractivity contribution < 1.29 is 57.6 Å². The standard InChI is InChI=1S/C15H25N4O6PS.C10H15NO2.C9H19N2O3P.C2H5NO.CH4/c1-8(20)17-10(14(23)18-25-9(2)26)4-5-27-11-6-13(22)19(15(11)24)7-12(21)16-3;1-2-3-4-5-8-11-9(12)6-7-10(11)13;1-4-5-8(10-6(2)12)9(13)11-14-7(3)15;1-3-2-4;/h9-11H,4-7,26H2,1-3H3,(H,16,21)(H,17,20)(H,18,23);6-7H,2-5,8H2,1H3;7-8H,4-5,15H2,1-3H3,(H,10,12)(H,11,13);2H,1H3,(H,3,4);1H4. The van der Waals surface area contributed by atoms with E-state index in [0.29, 0.717) is 25.1 Å². The molecule has 0 radical (unpaired) electrons. The molecule has 7 atom stereocenters. The van der Waals surface area contributed by atoms with E-state index in [2.05, 4.69) is 57.6 Å². The molecule has 1 saturated heterocycles. The second-order valence-electron chi connectivity index (χ2n) is 12.8. The maximum atomic E-state index is 12.3. The number of hydroxylamine groups is 2. The van der Waals surface area contributed by atoms with Gasteiger partial charge in [-0.05, 0) is 38.9 Å². The largest absolute Gasteiger partial charge is 0.362 e. The number of imide groups is 2. The third-order valence-electron chi connectivity index (χ3n) is 7.42. The summed E-state index contributed by atoms with van der Waals surface area (Å²) in [5.74, 6) is -3.09. The molecule has 0 saturated carbocycles. The third kappa shape index (κ3) is 28.4. The zero-order valence-corrected chi connectivity index (χ0v) is 38.4. The van der Waals surface area contributed by atoms with Crippen LogP contribution >= 0.6 is 30.2 Å². The number of amides is 10. The van der Waals surface area contributed by atoms with Gasteiger partial charge in [-0.2, -0.15) is 0 Å². The quantitative estimate of drug-likeness (QED) is 0.0289. The highest BCUT2D eigenvalue weighted by Crippen LogP contribution is 2.26. The van der Waals surface area contributed by atoms with Crippen molar-refractivity contribution in [3.05, 3.63) is 12.2 Å². The molecular formula is C37H68N8O12P2S. The molecule has 1 fully saturated rings. The van der Waals surface area contributed by atoms with Crippen LogP contribution in [-0.4, -0.2) is 131 Å². The van der Waals surface area contributed by atoms with Crippen LogP contribution in [0.25, 0.3) is 0 Å². The van der Waals surface area contributed by atoms with Crippen LogP contribution in [0.3, 0.4) is 0 Å². The highest BCUT2D eigenvalue weighted by atomic mass is 32.2. The first-order chi connectivity index (χ1) is 27.8. The molecular weight excluding hydrogens is 842 g/mol. The van der Waals surface area contributed by atoms with Gasteiger partial charge in [-0.25, -0.2) is 11.0 Å². The maximum Gasteiger partial charge on any atom is 0.266 e. The number of likely N-dealkylation sites (N-methyl/N-ethyl adjacent to an activating group) is 1. The van der Waals surface area contributed by atoms with E-state index < -0.39 is 41.0 Å². The average Bonchev–Trinajstić information content (AvgIpc) is 3.64. The molecule has 0 aromatic rings. The molecule has 20 nitrogen and oxygen atoms in total. The fourth-order valence-corrected chi connectivity index (χ4v) is 5.93. The smallest absolute Gasteiger partial charge is 0.266 e. The summed E-state index contributed by atoms with van der Waals surface area (Å²) < 4.78 is 0. The summed E-state index contributed by atoms with van der Waals surface area (Å²) in [6, 6.07) is -1.34. The first kappa shape index (κ1) is 60.3. The second kappa shape index (κ2) is 35.7. The van der Waals surface area contributed by atoms with Crippen molar-refractivity contribution in [1.82, 2.24) is 42.0 Å². The van der Waals surface area contributed by atoms with Gasteiger partial charge in [0.2, 0.25) is 35.9 Å². The van der Waals surface area contributed by atoms with Gasteiger partial charge in [0.15, 0.2) is 0 Å². The maximum absolute atomic E-state index is 12.3. The van der Waals surface area contributed by atoms with Crippen LogP contribution in [0.15, 0.2) is 12.2 Å². The minimum Gasteiger partial charge on any atom is -0.362 e. The molecule has 10 amide bonds. The fourth-order valence-electron chi connectivity index (χ4n) is 4.61. The van der Waals surface area contributed by atoms with E-state index >= 15 is 0 Å². The highest BCUT2D eigenvalue weighted by Gasteiger charge is 2.39. The molecule has 23 heteroatoms. The summed E-state index contributed by atoms with van der Waals surface area (Å²) in [6.45, 7) is 10.5. The molecule has 2 heterocycles. The molecule has 344 valence electrons. The lowest BCUT2D eigenvalue weighted by molar-refractivity contribution is -0.142. The van der Waals surface area contributed by atoms with Crippen molar-refractivity contribution in [2.24, 2.45) is 0 Å². The van der Waals surface area contributed by atoms with Crippen LogP contribution in [0.5, 0.6) is 0 Å². The minimum absolute atomic E-state index is 0. The number of thioether (sulfide) groups is 1. The summed E-state index contributed by atoms with van der Waals surface area (Å²) in [4.78, 5) is 125. The van der Waals surface area contributed by atoms with E-state index in [9.17, 15) is 43.2 Å². The van der Waals surface area contributed by atoms with Crippen molar-refractivity contribution in [2.75, 3.05) is 32.9 Å². The Kier molecular flexibility index (Phi) is 35.9. The summed E-state index contributed by atoms with van der Waals surface area (Å²) in [5, 5.41) is 9.10. The van der Waals surface area contributed by atoms with Gasteiger partial charge in [-0.1, -0.05) is 47.0 Å². The zero-order chi connectivity index (χ0) is 45.5. The molecule has 60 heavy (non-hydrogen) atoms. The Morgan fingerprint density at radius 1 is 0.817 bits per heavy atom. The van der Waals surface area contributed by atoms with Gasteiger partial charge in [0.1, 0.15) is 18.6 Å². The fraction of sp³-hybridized carbons (Fsp3) is 0.676. The monoisotopic (exact) mass is 910 g/mol. The Morgan fingerprint density at radius 2 is 1.30 bits per heavy atom. The first-order valence-corrected chi connectivity index (χ1v) is 21.4. The van der Waals surface area contributed by atoms with Crippen LogP contribution in [0.1, 0.15) is 100 Å². The van der Waals surface area contributed by atoms with Gasteiger partial charge < -0.3 is 21.3 Å². The van der Waals surface area contributed by atoms with Gasteiger partial charge in [-0.3, -0.25) is 67.4 Å². The van der Waals surface area contributed by atoms with E-state index in [0.717, 1.165) is 24.2 Å². The molecule has 0 bridgehead atoms. The molecule has 0 aliphatic carbocycles. The van der Waals surface area contributed by atoms with Crippen LogP contribution in [0, 0.1) is 0 Å². The predicted molar refractivity (Wildman–Crippen MR) is 235 cm³/mol. The lowest BCUT2D eigenvalue weighted by atomic mass is 10.1. The Balaban J connectivity index is -0.000000832. The van der Waals surface area contributed by atoms with Crippen molar-refractivity contribution in [3.8, 4) is 0 Å². The average molecular weight is 911 g/mol. The Hall–Kier alpha value is -4.03. The van der Waals surface area contributed by atoms with Gasteiger partial charge in [0.25, 0.3) is 23.6 Å². The molecule has 0 aromatic carbocycles. The van der Waals surface area contributed by atoms with Crippen LogP contribution in [0.4, 0.5) is 0 Å². The normalized spacial score (nSPS) is 15.8. The summed E-state index contributed by atoms with van der Waals surface area (Å²) >= 11 is 1.21. The number of rotatable bonds is 22. The van der Waals surface area contributed by atoms with E-state index in [-0.39, 0.29) is 68.0 Å². The van der Waals surface area contributed by atoms with Crippen LogP contribution in [0.2, 0.25) is 0 Å². The molecule has 0 aromatic heterocycles. The van der Waals surface area contributed by atoms with Crippen molar-refractivity contribution in [3.63, 3.8) is 0 Å². The number of nitrogens with one attached hydrogen (secondary N) is 6. The summed E-state index contributed by atoms with van der Waals surface area (Å²) in [6.07, 6.45) is 9.31. The Bertz CT molecular complexity index is 1410. The summed E-state index contributed by atoms with van der Waals surface area (Å²) in [5.41, 5.74) is 4.56. The van der Waals surface area contributed by atoms with Crippen molar-refractivity contribution >= 4 is 89.8 Å². The predicted octanol–water partition coefficient (Wildman–Crippen LogP) is 0.807. The number of carbonyl (C=O) groups is 10. The van der Waals surface area contributed by atoms with E-state index in [1.165, 1.54) is 62.6 Å². The van der Waals surface area contributed by atoms with E-state index in [1.54, 1.807) is 20.9 Å². The molecule has 2 aliphatic heterocycles. The van der Waals surface area contributed by atoms with Crippen molar-refractivity contribution in [1.29, 1.82) is 0 Å². The lowest BCUT2D eigenvalue weighted by Crippen LogP contribution is -2.46. The van der Waals surface area contributed by atoms with Gasteiger partial charge in [0.05, 0.1) is 16.9 Å². The topological polar surface area (TPSA) is 268 Å². The molecule has 0 spiro atoms. The van der Waals surface area contributed by atoms with Crippen LogP contribution < -0.4 is 32.2 Å². The van der Waals surface area contributed by atoms with Crippen LogP contribution in [-0.2, 0) is 57.6 Å². The van der Waals surface area contributed by atoms with Gasteiger partial charge >= 0.3 is 0 Å². The second-order valence-corrected chi connectivity index (χ2v) is 16.0. The first-order valence-electron chi connectivity index (χ1n) is 19.1. The van der Waals surface area contributed by atoms with E-state index in [4.69, 9.17) is 14.5 Å². The number of carbonyl (C=O) groups excluding carboxylic acids is 10. The molecule has 7 unspecified atom stereocenters. The Morgan fingerprint density at radius 3 is 1.70 bits per heavy atom. The molecule has 2 aliphatic rings. The zero-order valence-electron chi connectivity index (χ0n) is 35.3. The SMILES string of the molecule is C.CCCC(NC(C)=O)C(=O)NOC(C)P.CCCCCCN1C(=O)C=CC1=O.CNC(=O)CN1C(=O)CC(SCCC(NC(C)=O)C(=O)NOC(C)P)C1=O.CNC=O. The number of hydrogen-bond donors (Lipinski definition) is 6. The minimum atomic E-state index is -0.826. The Labute approximate surface area is 363 Å². The summed E-state index contributed by atoms with van der Waals surface area (Å²) in [7, 11) is 7.73. The number of hydrogen-bond acceptors (Lipinski definition) is 13. The molecule has 2 rings (SSSR count). The lowest BCUT2D eigenvalue weighted by Gasteiger charge is -2.18. The number of nitrogens with zero attached hydrogens (tertiary/aromatic N) is 2. The molecule has 6 N–H and O–H groups in total. The van der Waals surface area contributed by atoms with Gasteiger partial charge in [0, 0.05) is 53.1 Å². The van der Waals surface area contributed by atoms with Crippen molar-refractivity contribution in [2.45, 2.75) is 129 Å². The number of likely N-dealkylation sites (tertiary alicyclic amines) is 1. The van der Waals surface area contributed by atoms with E-state index in [1.807, 2.05) is 6.92 Å². The number of unbranched alkanes of at least 4 members (excludes halogenated alkanes) is 3. The third-order valence-corrected chi connectivity index (χ3v) is 8.93. The van der Waals surface area contributed by atoms with Gasteiger partial charge in [-0.15, -0.1) is 30.2 Å². The highest BCUT2D eigenvalue weighted by molar-refractivity contribution is 8.00.